The van der Waals surface area contributed by atoms with Crippen LogP contribution in [0.25, 0.3) is 0 Å². The first kappa shape index (κ1) is 13.8. The minimum atomic E-state index is -4.22. The summed E-state index contributed by atoms with van der Waals surface area (Å²) in [7, 11) is -4.22. The van der Waals surface area contributed by atoms with Crippen LogP contribution in [0.4, 0.5) is 0 Å². The molecule has 0 saturated heterocycles. The van der Waals surface area contributed by atoms with Crippen molar-refractivity contribution in [3.8, 4) is 0 Å². The predicted octanol–water partition coefficient (Wildman–Crippen LogP) is -1.78. The Kier molecular flexibility index (Phi) is 5.19. The van der Waals surface area contributed by atoms with Crippen LogP contribution in [-0.2, 0) is 24.4 Å². The molecule has 0 bridgehead atoms. The van der Waals surface area contributed by atoms with Crippen LogP contribution in [0.3, 0.4) is 0 Å². The van der Waals surface area contributed by atoms with E-state index >= 15 is 0 Å². The normalized spacial score (nSPS) is 13.2. The number of hydrogen-bond donors (Lipinski definition) is 3. The molecule has 88 valence electrons. The van der Waals surface area contributed by atoms with Crippen molar-refractivity contribution in [1.82, 2.24) is 0 Å². The van der Waals surface area contributed by atoms with E-state index in [1.165, 1.54) is 0 Å². The highest BCUT2D eigenvalue weighted by Crippen LogP contribution is 1.93. The lowest BCUT2D eigenvalue weighted by molar-refractivity contribution is -0.147. The molecule has 0 spiro atoms. The summed E-state index contributed by atoms with van der Waals surface area (Å²) in [6.45, 7) is -0.542. The molecule has 0 unspecified atom stereocenters. The largest absolute Gasteiger partial charge is 0.480 e. The summed E-state index contributed by atoms with van der Waals surface area (Å²) in [5, 5.41) is 8.30. The van der Waals surface area contributed by atoms with Gasteiger partial charge in [0.25, 0.3) is 10.1 Å². The van der Waals surface area contributed by atoms with Gasteiger partial charge in [0.2, 0.25) is 0 Å². The van der Waals surface area contributed by atoms with E-state index in [1.807, 2.05) is 0 Å². The van der Waals surface area contributed by atoms with Crippen molar-refractivity contribution >= 4 is 22.1 Å². The Balaban J connectivity index is 3.82. The molecule has 0 radical (unpaired) electrons. The molecule has 0 aliphatic carbocycles. The second-order valence-electron chi connectivity index (χ2n) is 2.66. The highest BCUT2D eigenvalue weighted by Gasteiger charge is 2.15. The van der Waals surface area contributed by atoms with Gasteiger partial charge in [-0.2, -0.15) is 8.42 Å². The Labute approximate surface area is 85.8 Å². The fraction of sp³-hybridized carbons (Fsp3) is 0.667. The van der Waals surface area contributed by atoms with Gasteiger partial charge in [0.15, 0.2) is 0 Å². The van der Waals surface area contributed by atoms with Gasteiger partial charge in [-0.3, -0.25) is 14.1 Å². The molecule has 9 heteroatoms. The van der Waals surface area contributed by atoms with Crippen molar-refractivity contribution < 1.29 is 32.4 Å². The maximum absolute atomic E-state index is 10.8. The Hall–Kier alpha value is -1.19. The molecule has 1 atom stereocenters. The molecular weight excluding hydrogens is 230 g/mol. The second kappa shape index (κ2) is 5.63. The second-order valence-corrected chi connectivity index (χ2v) is 4.24. The topological polar surface area (TPSA) is 144 Å². The molecule has 4 N–H and O–H groups in total. The maximum atomic E-state index is 10.8. The first-order valence-corrected chi connectivity index (χ1v) is 5.42. The summed E-state index contributed by atoms with van der Waals surface area (Å²) in [4.78, 5) is 20.9. The zero-order chi connectivity index (χ0) is 12.1. The molecule has 15 heavy (non-hydrogen) atoms. The third-order valence-electron chi connectivity index (χ3n) is 1.31. The van der Waals surface area contributed by atoms with Gasteiger partial charge in [0, 0.05) is 0 Å². The molecule has 0 aromatic rings. The molecule has 0 aromatic heterocycles. The van der Waals surface area contributed by atoms with Gasteiger partial charge >= 0.3 is 11.9 Å². The van der Waals surface area contributed by atoms with Gasteiger partial charge in [0.1, 0.15) is 12.6 Å². The number of rotatable bonds is 6. The molecule has 8 nitrogen and oxygen atoms in total. The molecule has 0 aliphatic rings. The maximum Gasteiger partial charge on any atom is 0.324 e. The average molecular weight is 241 g/mol. The zero-order valence-electron chi connectivity index (χ0n) is 7.62. The fourth-order valence-corrected chi connectivity index (χ4v) is 0.963. The molecule has 0 saturated carbocycles. The molecule has 0 aliphatic heterocycles. The Morgan fingerprint density at radius 1 is 1.40 bits per heavy atom. The number of carboxylic acid groups (broad SMARTS) is 1. The number of carbonyl (C=O) groups is 2. The van der Waals surface area contributed by atoms with E-state index < -0.39 is 46.9 Å². The number of ether oxygens (including phenoxy) is 1. The smallest absolute Gasteiger partial charge is 0.324 e. The zero-order valence-corrected chi connectivity index (χ0v) is 8.44. The van der Waals surface area contributed by atoms with Crippen LogP contribution in [0.2, 0.25) is 0 Å². The monoisotopic (exact) mass is 241 g/mol. The lowest BCUT2D eigenvalue weighted by Crippen LogP contribution is -2.35. The van der Waals surface area contributed by atoms with Crippen LogP contribution in [-0.4, -0.2) is 48.4 Å². The predicted molar refractivity (Wildman–Crippen MR) is 47.6 cm³/mol. The van der Waals surface area contributed by atoms with Gasteiger partial charge in [-0.05, 0) is 0 Å². The Morgan fingerprint density at radius 3 is 2.33 bits per heavy atom. The minimum Gasteiger partial charge on any atom is -0.480 e. The Bertz CT molecular complexity index is 335. The van der Waals surface area contributed by atoms with Crippen molar-refractivity contribution in [3.63, 3.8) is 0 Å². The molecule has 0 fully saturated rings. The van der Waals surface area contributed by atoms with Crippen molar-refractivity contribution in [1.29, 1.82) is 0 Å². The van der Waals surface area contributed by atoms with Crippen molar-refractivity contribution in [2.75, 3.05) is 12.4 Å². The fourth-order valence-electron chi connectivity index (χ4n) is 0.538. The number of aliphatic carboxylic acids is 1. The van der Waals surface area contributed by atoms with E-state index in [9.17, 15) is 18.0 Å². The van der Waals surface area contributed by atoms with Gasteiger partial charge < -0.3 is 15.6 Å². The minimum absolute atomic E-state index is 0.542. The number of carbonyl (C=O) groups excluding carboxylic acids is 1. The third-order valence-corrected chi connectivity index (χ3v) is 2.03. The molecule has 0 rings (SSSR count). The van der Waals surface area contributed by atoms with E-state index in [0.29, 0.717) is 0 Å². The van der Waals surface area contributed by atoms with Gasteiger partial charge in [-0.25, -0.2) is 0 Å². The lowest BCUT2D eigenvalue weighted by atomic mass is 10.3. The van der Waals surface area contributed by atoms with Crippen LogP contribution < -0.4 is 5.73 Å². The highest BCUT2D eigenvalue weighted by molar-refractivity contribution is 7.85. The lowest BCUT2D eigenvalue weighted by Gasteiger charge is -2.07. The molecule has 0 aromatic carbocycles. The number of carboxylic acids is 1. The van der Waals surface area contributed by atoms with Crippen molar-refractivity contribution in [2.24, 2.45) is 5.73 Å². The molecule has 0 amide bonds. The van der Waals surface area contributed by atoms with E-state index in [-0.39, 0.29) is 0 Å². The van der Waals surface area contributed by atoms with E-state index in [0.717, 1.165) is 0 Å². The first-order chi connectivity index (χ1) is 6.72. The van der Waals surface area contributed by atoms with Crippen LogP contribution >= 0.6 is 0 Å². The van der Waals surface area contributed by atoms with Crippen molar-refractivity contribution in [3.05, 3.63) is 0 Å². The van der Waals surface area contributed by atoms with E-state index in [1.54, 1.807) is 0 Å². The van der Waals surface area contributed by atoms with Gasteiger partial charge in [0.05, 0.1) is 12.2 Å². The number of hydrogen-bond acceptors (Lipinski definition) is 6. The summed E-state index contributed by atoms with van der Waals surface area (Å²) in [6, 6.07) is -1.35. The summed E-state index contributed by atoms with van der Waals surface area (Å²) < 4.78 is 33.0. The average Bonchev–Trinajstić information content (AvgIpc) is 2.09. The summed E-state index contributed by atoms with van der Waals surface area (Å²) in [5.41, 5.74) is 5.00. The van der Waals surface area contributed by atoms with Crippen LogP contribution in [0.5, 0.6) is 0 Å². The third kappa shape index (κ3) is 7.85. The standard InChI is InChI=1S/C6H11NO7S/c7-4(6(9)10)3-14-5(8)1-2-15(11,12)13/h4H,1-3,7H2,(H,9,10)(H,11,12,13)/t4-/m0/s1. The summed E-state index contributed by atoms with van der Waals surface area (Å²) in [5.74, 6) is -3.05. The van der Waals surface area contributed by atoms with Crippen molar-refractivity contribution in [2.45, 2.75) is 12.5 Å². The molecule has 0 heterocycles. The van der Waals surface area contributed by atoms with Gasteiger partial charge in [-0.15, -0.1) is 0 Å². The summed E-state index contributed by atoms with van der Waals surface area (Å²) in [6.07, 6.45) is -0.550. The summed E-state index contributed by atoms with van der Waals surface area (Å²) >= 11 is 0. The van der Waals surface area contributed by atoms with Gasteiger partial charge in [-0.1, -0.05) is 0 Å². The van der Waals surface area contributed by atoms with E-state index in [2.05, 4.69) is 4.74 Å². The molecular formula is C6H11NO7S. The van der Waals surface area contributed by atoms with E-state index in [4.69, 9.17) is 15.4 Å². The first-order valence-electron chi connectivity index (χ1n) is 3.81. The number of esters is 1. The van der Waals surface area contributed by atoms with Crippen LogP contribution in [0, 0.1) is 0 Å². The SMILES string of the molecule is N[C@@H](COC(=O)CCS(=O)(=O)O)C(=O)O. The number of nitrogens with two attached hydrogens (primary N) is 1. The Morgan fingerprint density at radius 2 is 1.93 bits per heavy atom. The van der Waals surface area contributed by atoms with Crippen LogP contribution in [0.15, 0.2) is 0 Å². The highest BCUT2D eigenvalue weighted by atomic mass is 32.2. The quantitative estimate of drug-likeness (QED) is 0.365. The van der Waals surface area contributed by atoms with Crippen LogP contribution in [0.1, 0.15) is 6.42 Å².